The molecule has 0 aliphatic carbocycles. The molecule has 0 aromatic heterocycles. The number of hydrogen-bond acceptors (Lipinski definition) is 4. The van der Waals surface area contributed by atoms with Gasteiger partial charge in [-0.15, -0.1) is 11.8 Å². The number of rotatable bonds is 6. The fraction of sp³-hybridized carbons (Fsp3) is 0.188. The van der Waals surface area contributed by atoms with Crippen LogP contribution in [0.3, 0.4) is 0 Å². The van der Waals surface area contributed by atoms with Crippen LogP contribution in [0.25, 0.3) is 0 Å². The van der Waals surface area contributed by atoms with Gasteiger partial charge in [0.25, 0.3) is 0 Å². The van der Waals surface area contributed by atoms with Crippen molar-refractivity contribution in [1.29, 1.82) is 0 Å². The summed E-state index contributed by atoms with van der Waals surface area (Å²) in [6.07, 6.45) is 1.09. The molecule has 0 spiro atoms. The third-order valence-corrected chi connectivity index (χ3v) is 5.14. The summed E-state index contributed by atoms with van der Waals surface area (Å²) < 4.78 is 25.7. The Morgan fingerprint density at radius 2 is 1.83 bits per heavy atom. The van der Waals surface area contributed by atoms with E-state index in [1.165, 1.54) is 11.8 Å². The molecule has 1 unspecified atom stereocenters. The molecule has 0 saturated heterocycles. The Balaban J connectivity index is 2.07. The highest BCUT2D eigenvalue weighted by molar-refractivity contribution is 9.10. The summed E-state index contributed by atoms with van der Waals surface area (Å²) in [6, 6.07) is 14.2. The molecular weight excluding hydrogens is 398 g/mol. The van der Waals surface area contributed by atoms with Gasteiger partial charge in [0.1, 0.15) is 0 Å². The number of sulfonamides is 1. The first-order valence-electron chi connectivity index (χ1n) is 6.79. The average molecular weight is 414 g/mol. The Morgan fingerprint density at radius 3 is 2.39 bits per heavy atom. The minimum atomic E-state index is -3.31. The second kappa shape index (κ2) is 7.51. The molecule has 4 nitrogen and oxygen atoms in total. The Kier molecular flexibility index (Phi) is 5.89. The first-order valence-corrected chi connectivity index (χ1v) is 10.4. The molecule has 0 aliphatic heterocycles. The predicted octanol–water partition coefficient (Wildman–Crippen LogP) is 4.18. The van der Waals surface area contributed by atoms with Crippen LogP contribution in [0.4, 0.5) is 5.69 Å². The molecule has 0 fully saturated rings. The number of thioether (sulfide) groups is 1. The molecule has 0 amide bonds. The van der Waals surface area contributed by atoms with E-state index in [1.807, 2.05) is 31.2 Å². The lowest BCUT2D eigenvalue weighted by atomic mass is 10.1. The van der Waals surface area contributed by atoms with Crippen molar-refractivity contribution in [2.45, 2.75) is 17.1 Å². The van der Waals surface area contributed by atoms with Crippen molar-refractivity contribution in [3.8, 4) is 0 Å². The molecular formula is C16H16BrNO3S2. The molecule has 0 heterocycles. The molecule has 122 valence electrons. The van der Waals surface area contributed by atoms with Crippen LogP contribution in [0.2, 0.25) is 0 Å². The van der Waals surface area contributed by atoms with Crippen molar-refractivity contribution >= 4 is 49.2 Å². The Morgan fingerprint density at radius 1 is 1.17 bits per heavy atom. The second-order valence-corrected chi connectivity index (χ2v) is 9.11. The standard InChI is InChI=1S/C16H16BrNO3S2/c1-11(22-15-5-3-4-13(17)10-15)16(19)12-6-8-14(9-7-12)18-23(2,20)21/h3-11,18H,1-2H3. The molecule has 0 aliphatic rings. The van der Waals surface area contributed by atoms with Crippen molar-refractivity contribution in [1.82, 2.24) is 0 Å². The third-order valence-electron chi connectivity index (χ3n) is 2.95. The summed E-state index contributed by atoms with van der Waals surface area (Å²) in [5.74, 6) is 0.000816. The lowest BCUT2D eigenvalue weighted by Gasteiger charge is -2.11. The van der Waals surface area contributed by atoms with Crippen molar-refractivity contribution in [3.63, 3.8) is 0 Å². The molecule has 0 radical (unpaired) electrons. The van der Waals surface area contributed by atoms with Gasteiger partial charge in [-0.1, -0.05) is 22.0 Å². The fourth-order valence-electron chi connectivity index (χ4n) is 1.95. The summed E-state index contributed by atoms with van der Waals surface area (Å²) in [6.45, 7) is 1.86. The number of carbonyl (C=O) groups is 1. The number of hydrogen-bond donors (Lipinski definition) is 1. The number of ketones is 1. The highest BCUT2D eigenvalue weighted by atomic mass is 79.9. The smallest absolute Gasteiger partial charge is 0.229 e. The number of benzene rings is 2. The second-order valence-electron chi connectivity index (χ2n) is 5.03. The third kappa shape index (κ3) is 5.67. The SMILES string of the molecule is CC(Sc1cccc(Br)c1)C(=O)c1ccc(NS(C)(=O)=O)cc1. The zero-order chi connectivity index (χ0) is 17.0. The normalized spacial score (nSPS) is 12.7. The van der Waals surface area contributed by atoms with Gasteiger partial charge in [-0.25, -0.2) is 8.42 Å². The lowest BCUT2D eigenvalue weighted by Crippen LogP contribution is -2.14. The fourth-order valence-corrected chi connectivity index (χ4v) is 4.07. The summed E-state index contributed by atoms with van der Waals surface area (Å²) in [5, 5.41) is -0.238. The van der Waals surface area contributed by atoms with Gasteiger partial charge in [-0.05, 0) is 49.4 Å². The van der Waals surface area contributed by atoms with Crippen molar-refractivity contribution in [2.24, 2.45) is 0 Å². The van der Waals surface area contributed by atoms with Crippen molar-refractivity contribution in [3.05, 3.63) is 58.6 Å². The quantitative estimate of drug-likeness (QED) is 0.569. The summed E-state index contributed by atoms with van der Waals surface area (Å²) in [4.78, 5) is 13.5. The summed E-state index contributed by atoms with van der Waals surface area (Å²) in [7, 11) is -3.31. The Bertz CT molecular complexity index is 804. The van der Waals surface area contributed by atoms with Gasteiger partial charge in [0.2, 0.25) is 10.0 Å². The van der Waals surface area contributed by atoms with Crippen LogP contribution in [0, 0.1) is 0 Å². The number of halogens is 1. The van der Waals surface area contributed by atoms with Crippen LogP contribution in [-0.4, -0.2) is 25.7 Å². The number of anilines is 1. The van der Waals surface area contributed by atoms with Gasteiger partial charge in [-0.3, -0.25) is 9.52 Å². The van der Waals surface area contributed by atoms with Gasteiger partial charge in [-0.2, -0.15) is 0 Å². The minimum absolute atomic E-state index is 0.000816. The van der Waals surface area contributed by atoms with E-state index in [0.29, 0.717) is 11.3 Å². The first kappa shape index (κ1) is 18.0. The van der Waals surface area contributed by atoms with E-state index < -0.39 is 10.0 Å². The van der Waals surface area contributed by atoms with E-state index in [-0.39, 0.29) is 11.0 Å². The largest absolute Gasteiger partial charge is 0.293 e. The number of nitrogens with one attached hydrogen (secondary N) is 1. The van der Waals surface area contributed by atoms with Crippen LogP contribution in [0.15, 0.2) is 57.9 Å². The molecule has 23 heavy (non-hydrogen) atoms. The molecule has 2 aromatic carbocycles. The van der Waals surface area contributed by atoms with Crippen LogP contribution < -0.4 is 4.72 Å². The molecule has 2 rings (SSSR count). The molecule has 1 N–H and O–H groups in total. The summed E-state index contributed by atoms with van der Waals surface area (Å²) in [5.41, 5.74) is 0.996. The number of Topliss-reactive ketones (excluding diaryl/α,β-unsaturated/α-hetero) is 1. The summed E-state index contributed by atoms with van der Waals surface area (Å²) >= 11 is 4.90. The van der Waals surface area contributed by atoms with Crippen LogP contribution in [-0.2, 0) is 10.0 Å². The monoisotopic (exact) mass is 413 g/mol. The van der Waals surface area contributed by atoms with E-state index in [9.17, 15) is 13.2 Å². The lowest BCUT2D eigenvalue weighted by molar-refractivity contribution is 0.0994. The van der Waals surface area contributed by atoms with E-state index >= 15 is 0 Å². The Labute approximate surface area is 148 Å². The Hall–Kier alpha value is -1.31. The van der Waals surface area contributed by atoms with Gasteiger partial charge < -0.3 is 0 Å². The maximum atomic E-state index is 12.5. The van der Waals surface area contributed by atoms with Gasteiger partial charge in [0.05, 0.1) is 11.5 Å². The first-order chi connectivity index (χ1) is 10.7. The van der Waals surface area contributed by atoms with E-state index in [1.54, 1.807) is 24.3 Å². The topological polar surface area (TPSA) is 63.2 Å². The molecule has 0 bridgehead atoms. The highest BCUT2D eigenvalue weighted by Crippen LogP contribution is 2.28. The van der Waals surface area contributed by atoms with Gasteiger partial charge in [0.15, 0.2) is 5.78 Å². The zero-order valence-electron chi connectivity index (χ0n) is 12.6. The van der Waals surface area contributed by atoms with E-state index in [4.69, 9.17) is 0 Å². The minimum Gasteiger partial charge on any atom is -0.293 e. The molecule has 2 aromatic rings. The average Bonchev–Trinajstić information content (AvgIpc) is 2.45. The van der Waals surface area contributed by atoms with Gasteiger partial charge >= 0.3 is 0 Å². The molecule has 0 saturated carbocycles. The molecule has 1 atom stereocenters. The highest BCUT2D eigenvalue weighted by Gasteiger charge is 2.16. The zero-order valence-corrected chi connectivity index (χ0v) is 15.8. The van der Waals surface area contributed by atoms with Crippen LogP contribution in [0.1, 0.15) is 17.3 Å². The van der Waals surface area contributed by atoms with Crippen LogP contribution >= 0.6 is 27.7 Å². The van der Waals surface area contributed by atoms with Gasteiger partial charge in [0, 0.05) is 20.6 Å². The maximum Gasteiger partial charge on any atom is 0.229 e. The number of carbonyl (C=O) groups excluding carboxylic acids is 1. The molecule has 7 heteroatoms. The van der Waals surface area contributed by atoms with E-state index in [2.05, 4.69) is 20.7 Å². The van der Waals surface area contributed by atoms with Crippen LogP contribution in [0.5, 0.6) is 0 Å². The van der Waals surface area contributed by atoms with Crippen molar-refractivity contribution in [2.75, 3.05) is 11.0 Å². The maximum absolute atomic E-state index is 12.5. The predicted molar refractivity (Wildman–Crippen MR) is 98.7 cm³/mol. The van der Waals surface area contributed by atoms with Crippen molar-refractivity contribution < 1.29 is 13.2 Å². The van der Waals surface area contributed by atoms with E-state index in [0.717, 1.165) is 15.6 Å².